The molecule has 3 aromatic rings. The van der Waals surface area contributed by atoms with Gasteiger partial charge in [-0.25, -0.2) is 9.78 Å². The Labute approximate surface area is 196 Å². The topological polar surface area (TPSA) is 134 Å². The van der Waals surface area contributed by atoms with Crippen LogP contribution in [0.1, 0.15) is 39.4 Å². The number of anilines is 2. The highest BCUT2D eigenvalue weighted by atomic mass is 16.2. The van der Waals surface area contributed by atoms with E-state index in [1.54, 1.807) is 35.9 Å². The fourth-order valence-electron chi connectivity index (χ4n) is 3.68. The third kappa shape index (κ3) is 5.79. The summed E-state index contributed by atoms with van der Waals surface area (Å²) in [6.45, 7) is 6.89. The first-order valence-corrected chi connectivity index (χ1v) is 11.3. The number of likely N-dealkylation sites (N-methyl/N-ethyl adjacent to an activating group) is 1. The van der Waals surface area contributed by atoms with E-state index in [4.69, 9.17) is 0 Å². The number of imidazole rings is 1. The largest absolute Gasteiger partial charge is 0.330 e. The van der Waals surface area contributed by atoms with Gasteiger partial charge in [-0.05, 0) is 37.2 Å². The predicted octanol–water partition coefficient (Wildman–Crippen LogP) is 1.64. The first-order valence-electron chi connectivity index (χ1n) is 11.3. The van der Waals surface area contributed by atoms with Gasteiger partial charge in [-0.15, -0.1) is 0 Å². The lowest BCUT2D eigenvalue weighted by Crippen LogP contribution is -2.33. The van der Waals surface area contributed by atoms with Gasteiger partial charge in [0.2, 0.25) is 11.8 Å². The summed E-state index contributed by atoms with van der Waals surface area (Å²) in [7, 11) is 1.74. The summed E-state index contributed by atoms with van der Waals surface area (Å²) in [5.41, 5.74) is 1.02. The van der Waals surface area contributed by atoms with Gasteiger partial charge in [0.05, 0.1) is 13.1 Å². The predicted molar refractivity (Wildman–Crippen MR) is 131 cm³/mol. The number of aromatic nitrogens is 4. The lowest BCUT2D eigenvalue weighted by Gasteiger charge is -2.19. The summed E-state index contributed by atoms with van der Waals surface area (Å²) >= 11 is 0. The number of hydrogen-bond acceptors (Lipinski definition) is 6. The number of nitrogens with one attached hydrogen (secondary N) is 3. The molecule has 11 heteroatoms. The lowest BCUT2D eigenvalue weighted by atomic mass is 10.2. The maximum atomic E-state index is 12.6. The average molecular weight is 470 g/mol. The third-order valence-corrected chi connectivity index (χ3v) is 5.51. The molecular weight excluding hydrogens is 438 g/mol. The molecule has 0 bridgehead atoms. The van der Waals surface area contributed by atoms with Crippen molar-refractivity contribution < 1.29 is 9.59 Å². The van der Waals surface area contributed by atoms with Gasteiger partial charge in [0.1, 0.15) is 5.82 Å². The summed E-state index contributed by atoms with van der Waals surface area (Å²) in [5.74, 6) is 0.220. The first kappa shape index (κ1) is 24.9. The molecule has 2 heterocycles. The molecule has 0 unspecified atom stereocenters. The van der Waals surface area contributed by atoms with E-state index in [-0.39, 0.29) is 18.4 Å². The molecule has 3 N–H and O–H groups in total. The van der Waals surface area contributed by atoms with Crippen molar-refractivity contribution in [3.8, 4) is 0 Å². The van der Waals surface area contributed by atoms with Gasteiger partial charge in [0.25, 0.3) is 5.56 Å². The van der Waals surface area contributed by atoms with Crippen LogP contribution >= 0.6 is 0 Å². The van der Waals surface area contributed by atoms with Crippen molar-refractivity contribution in [2.45, 2.75) is 46.7 Å². The van der Waals surface area contributed by atoms with Crippen LogP contribution in [0.4, 0.5) is 11.4 Å². The summed E-state index contributed by atoms with van der Waals surface area (Å²) in [4.78, 5) is 57.4. The van der Waals surface area contributed by atoms with Crippen LogP contribution in [0.2, 0.25) is 0 Å². The number of aryl methyl sites for hydroxylation is 2. The second-order valence-electron chi connectivity index (χ2n) is 8.13. The van der Waals surface area contributed by atoms with Crippen molar-refractivity contribution in [3.63, 3.8) is 0 Å². The molecular formula is C23H31N7O4. The summed E-state index contributed by atoms with van der Waals surface area (Å²) in [6.07, 6.45) is 1.70. The maximum absolute atomic E-state index is 12.6. The van der Waals surface area contributed by atoms with Gasteiger partial charge in [-0.1, -0.05) is 20.3 Å². The van der Waals surface area contributed by atoms with Crippen molar-refractivity contribution in [3.05, 3.63) is 50.9 Å². The SMILES string of the molecule is CCCCn1c(=O)[nH]c(=O)c2c1nc(CN(CC)CC(=O)Nc1ccc(NC(C)=O)cc1)n2C. The molecule has 0 spiro atoms. The fourth-order valence-corrected chi connectivity index (χ4v) is 3.68. The van der Waals surface area contributed by atoms with Crippen LogP contribution in [0, 0.1) is 0 Å². The zero-order valence-electron chi connectivity index (χ0n) is 20.0. The number of nitrogens with zero attached hydrogens (tertiary/aromatic N) is 4. The summed E-state index contributed by atoms with van der Waals surface area (Å²) < 4.78 is 3.18. The number of hydrogen-bond donors (Lipinski definition) is 3. The molecule has 0 saturated heterocycles. The fraction of sp³-hybridized carbons (Fsp3) is 0.435. The van der Waals surface area contributed by atoms with E-state index in [9.17, 15) is 19.2 Å². The number of H-pyrrole nitrogens is 1. The van der Waals surface area contributed by atoms with Gasteiger partial charge in [0, 0.05) is 31.9 Å². The number of rotatable bonds is 10. The summed E-state index contributed by atoms with van der Waals surface area (Å²) in [5, 5.41) is 5.52. The Morgan fingerprint density at radius 3 is 2.32 bits per heavy atom. The van der Waals surface area contributed by atoms with Gasteiger partial charge in [0.15, 0.2) is 11.2 Å². The van der Waals surface area contributed by atoms with Crippen molar-refractivity contribution in [1.29, 1.82) is 0 Å². The van der Waals surface area contributed by atoms with E-state index in [1.807, 2.05) is 18.7 Å². The highest BCUT2D eigenvalue weighted by Gasteiger charge is 2.19. The van der Waals surface area contributed by atoms with E-state index in [2.05, 4.69) is 20.6 Å². The Hall–Kier alpha value is -3.73. The third-order valence-electron chi connectivity index (χ3n) is 5.51. The zero-order valence-corrected chi connectivity index (χ0v) is 20.0. The number of carbonyl (C=O) groups excluding carboxylic acids is 2. The van der Waals surface area contributed by atoms with Crippen LogP contribution in [-0.4, -0.2) is 48.9 Å². The average Bonchev–Trinajstić information content (AvgIpc) is 3.10. The smallest absolute Gasteiger partial charge is 0.326 e. The van der Waals surface area contributed by atoms with E-state index in [1.165, 1.54) is 11.5 Å². The zero-order chi connectivity index (χ0) is 24.8. The van der Waals surface area contributed by atoms with Gasteiger partial charge in [-0.2, -0.15) is 0 Å². The number of fused-ring (bicyclic) bond motifs is 1. The minimum absolute atomic E-state index is 0.117. The Morgan fingerprint density at radius 1 is 1.09 bits per heavy atom. The monoisotopic (exact) mass is 469 g/mol. The second-order valence-corrected chi connectivity index (χ2v) is 8.13. The summed E-state index contributed by atoms with van der Waals surface area (Å²) in [6, 6.07) is 6.85. The molecule has 0 aliphatic heterocycles. The van der Waals surface area contributed by atoms with Gasteiger partial charge >= 0.3 is 5.69 Å². The van der Waals surface area contributed by atoms with E-state index >= 15 is 0 Å². The number of unbranched alkanes of at least 4 members (excludes halogenated alkanes) is 1. The Balaban J connectivity index is 1.75. The lowest BCUT2D eigenvalue weighted by molar-refractivity contribution is -0.117. The molecule has 11 nitrogen and oxygen atoms in total. The van der Waals surface area contributed by atoms with Gasteiger partial charge in [-0.3, -0.25) is 28.8 Å². The molecule has 3 rings (SSSR count). The Bertz CT molecular complexity index is 1290. The van der Waals surface area contributed by atoms with Crippen LogP contribution in [0.25, 0.3) is 11.2 Å². The maximum Gasteiger partial charge on any atom is 0.330 e. The molecule has 2 amide bonds. The van der Waals surface area contributed by atoms with Crippen molar-refractivity contribution in [1.82, 2.24) is 24.0 Å². The molecule has 0 fully saturated rings. The molecule has 1 aromatic carbocycles. The Morgan fingerprint density at radius 2 is 1.74 bits per heavy atom. The van der Waals surface area contributed by atoms with Crippen molar-refractivity contribution in [2.24, 2.45) is 7.05 Å². The number of carbonyl (C=O) groups is 2. The molecule has 2 aromatic heterocycles. The molecule has 182 valence electrons. The molecule has 0 aliphatic rings. The minimum Gasteiger partial charge on any atom is -0.326 e. The van der Waals surface area contributed by atoms with Crippen molar-refractivity contribution in [2.75, 3.05) is 23.7 Å². The first-order chi connectivity index (χ1) is 16.2. The molecule has 0 atom stereocenters. The number of benzene rings is 1. The highest BCUT2D eigenvalue weighted by Crippen LogP contribution is 2.15. The molecule has 34 heavy (non-hydrogen) atoms. The standard InChI is InChI=1S/C23H31N7O4/c1-5-7-12-30-21-20(22(33)27-23(30)34)28(4)18(26-21)13-29(6-2)14-19(32)25-17-10-8-16(9-11-17)24-15(3)31/h8-11H,5-7,12-14H2,1-4H3,(H,24,31)(H,25,32)(H,27,33,34). The van der Waals surface area contributed by atoms with Crippen molar-refractivity contribution >= 4 is 34.4 Å². The minimum atomic E-state index is -0.475. The highest BCUT2D eigenvalue weighted by molar-refractivity contribution is 5.93. The van der Waals surface area contributed by atoms with Crippen LogP contribution in [0.15, 0.2) is 33.9 Å². The molecule has 0 aliphatic carbocycles. The van der Waals surface area contributed by atoms with E-state index < -0.39 is 11.2 Å². The number of aromatic amines is 1. The molecule has 0 radical (unpaired) electrons. The normalized spacial score (nSPS) is 11.2. The van der Waals surface area contributed by atoms with Crippen LogP contribution in [0.3, 0.4) is 0 Å². The quantitative estimate of drug-likeness (QED) is 0.413. The second kappa shape index (κ2) is 10.9. The Kier molecular flexibility index (Phi) is 8.00. The van der Waals surface area contributed by atoms with Crippen LogP contribution in [-0.2, 0) is 29.7 Å². The van der Waals surface area contributed by atoms with Crippen LogP contribution < -0.4 is 21.9 Å². The van der Waals surface area contributed by atoms with Crippen LogP contribution in [0.5, 0.6) is 0 Å². The molecule has 0 saturated carbocycles. The number of amides is 2. The van der Waals surface area contributed by atoms with Gasteiger partial charge < -0.3 is 15.2 Å². The van der Waals surface area contributed by atoms with E-state index in [0.29, 0.717) is 48.0 Å². The van der Waals surface area contributed by atoms with E-state index in [0.717, 1.165) is 12.8 Å².